The minimum Gasteiger partial charge on any atom is -0.369 e. The van der Waals surface area contributed by atoms with Crippen LogP contribution in [0, 0.1) is 13.8 Å². The number of halogens is 2. The number of pyridine rings is 1. The third-order valence-corrected chi connectivity index (χ3v) is 7.48. The average Bonchev–Trinajstić information content (AvgIpc) is 3.34. The lowest BCUT2D eigenvalue weighted by Gasteiger charge is -2.31. The maximum Gasteiger partial charge on any atom is 0.254 e. The number of hydrogen-bond donors (Lipinski definition) is 4. The molecule has 1 aliphatic rings. The van der Waals surface area contributed by atoms with Gasteiger partial charge in [0.2, 0.25) is 0 Å². The minimum absolute atomic E-state index is 0.225. The number of anilines is 3. The van der Waals surface area contributed by atoms with E-state index in [2.05, 4.69) is 45.4 Å². The number of nitrogens with zero attached hydrogens (tertiary/aromatic N) is 3. The molecule has 0 saturated carbocycles. The van der Waals surface area contributed by atoms with Crippen molar-refractivity contribution < 1.29 is 4.79 Å². The molecule has 0 spiro atoms. The fourth-order valence-corrected chi connectivity index (χ4v) is 5.23. The summed E-state index contributed by atoms with van der Waals surface area (Å²) in [7, 11) is 0. The molecule has 2 aromatic carbocycles. The van der Waals surface area contributed by atoms with E-state index >= 15 is 0 Å². The number of imidazole rings is 1. The largest absolute Gasteiger partial charge is 0.369 e. The highest BCUT2D eigenvalue weighted by Crippen LogP contribution is 2.34. The van der Waals surface area contributed by atoms with E-state index in [1.54, 1.807) is 18.2 Å². The first-order valence-electron chi connectivity index (χ1n) is 11.8. The first-order valence-corrected chi connectivity index (χ1v) is 12.5. The lowest BCUT2D eigenvalue weighted by atomic mass is 10.0. The van der Waals surface area contributed by atoms with Crippen molar-refractivity contribution in [2.45, 2.75) is 20.3 Å². The van der Waals surface area contributed by atoms with Crippen LogP contribution in [0.3, 0.4) is 0 Å². The van der Waals surface area contributed by atoms with Crippen LogP contribution in [0.25, 0.3) is 11.0 Å². The van der Waals surface area contributed by atoms with Crippen molar-refractivity contribution in [3.8, 4) is 0 Å². The van der Waals surface area contributed by atoms with E-state index in [4.69, 9.17) is 33.9 Å². The summed E-state index contributed by atoms with van der Waals surface area (Å²) in [6, 6.07) is 9.50. The van der Waals surface area contributed by atoms with Gasteiger partial charge in [0.05, 0.1) is 17.5 Å². The number of fused-ring (bicyclic) bond motifs is 1. The number of piperazine rings is 1. The highest BCUT2D eigenvalue weighted by molar-refractivity contribution is 6.36. The van der Waals surface area contributed by atoms with E-state index in [0.717, 1.165) is 43.0 Å². The van der Waals surface area contributed by atoms with Gasteiger partial charge >= 0.3 is 0 Å². The molecule has 4 aromatic rings. The van der Waals surface area contributed by atoms with E-state index in [0.29, 0.717) is 39.0 Å². The molecule has 5 rings (SSSR count). The molecule has 0 bridgehead atoms. The number of nitrogens with one attached hydrogen (secondary N) is 3. The van der Waals surface area contributed by atoms with Gasteiger partial charge in [-0.15, -0.1) is 0 Å². The summed E-state index contributed by atoms with van der Waals surface area (Å²) in [4.78, 5) is 27.2. The quantitative estimate of drug-likeness (QED) is 0.290. The zero-order chi connectivity index (χ0) is 25.4. The molecule has 1 fully saturated rings. The molecule has 3 heterocycles. The molecule has 8 nitrogen and oxygen atoms in total. The second-order valence-electron chi connectivity index (χ2n) is 8.89. The predicted molar refractivity (Wildman–Crippen MR) is 146 cm³/mol. The normalized spacial score (nSPS) is 13.8. The molecule has 0 atom stereocenters. The number of H-pyrrole nitrogens is 1. The zero-order valence-electron chi connectivity index (χ0n) is 20.1. The van der Waals surface area contributed by atoms with Gasteiger partial charge in [-0.1, -0.05) is 29.3 Å². The molecular formula is C26H27Cl2N7O. The third kappa shape index (κ3) is 4.48. The molecule has 0 unspecified atom stereocenters. The van der Waals surface area contributed by atoms with Gasteiger partial charge in [-0.05, 0) is 54.8 Å². The van der Waals surface area contributed by atoms with E-state index in [9.17, 15) is 4.79 Å². The van der Waals surface area contributed by atoms with Gasteiger partial charge in [0.1, 0.15) is 16.9 Å². The highest BCUT2D eigenvalue weighted by Gasteiger charge is 2.23. The van der Waals surface area contributed by atoms with Gasteiger partial charge in [-0.2, -0.15) is 0 Å². The number of aromatic amines is 1. The molecule has 2 aromatic heterocycles. The van der Waals surface area contributed by atoms with Crippen molar-refractivity contribution in [2.75, 3.05) is 36.4 Å². The molecule has 10 heteroatoms. The average molecular weight is 524 g/mol. The van der Waals surface area contributed by atoms with E-state index in [1.807, 2.05) is 6.07 Å². The van der Waals surface area contributed by atoms with Crippen molar-refractivity contribution >= 4 is 57.3 Å². The number of primary amides is 1. The SMILES string of the molecule is Cc1c(Nc2nc(Cc3c(Cl)cccc3Cl)c3[nH]cnc3c2C(N)=O)ccc(N2CCNCC2)c1C. The van der Waals surface area contributed by atoms with Gasteiger partial charge < -0.3 is 26.3 Å². The number of carbonyl (C=O) groups excluding carboxylic acids is 1. The van der Waals surface area contributed by atoms with Crippen molar-refractivity contribution in [1.82, 2.24) is 20.3 Å². The first-order chi connectivity index (χ1) is 17.3. The fraction of sp³-hybridized carbons (Fsp3) is 0.269. The first kappa shape index (κ1) is 24.4. The van der Waals surface area contributed by atoms with Gasteiger partial charge in [0.25, 0.3) is 5.91 Å². The predicted octanol–water partition coefficient (Wildman–Crippen LogP) is 4.72. The molecule has 1 amide bonds. The smallest absolute Gasteiger partial charge is 0.254 e. The number of amides is 1. The summed E-state index contributed by atoms with van der Waals surface area (Å²) in [5.41, 5.74) is 12.8. The number of hydrogen-bond acceptors (Lipinski definition) is 6. The van der Waals surface area contributed by atoms with Crippen LogP contribution in [0.1, 0.15) is 32.7 Å². The Balaban J connectivity index is 1.58. The molecule has 1 aliphatic heterocycles. The van der Waals surface area contributed by atoms with E-state index in [-0.39, 0.29) is 5.56 Å². The van der Waals surface area contributed by atoms with Crippen molar-refractivity contribution in [2.24, 2.45) is 5.73 Å². The number of rotatable bonds is 6. The van der Waals surface area contributed by atoms with Crippen LogP contribution in [-0.2, 0) is 6.42 Å². The number of aromatic nitrogens is 3. The van der Waals surface area contributed by atoms with Crippen molar-refractivity contribution in [3.63, 3.8) is 0 Å². The lowest BCUT2D eigenvalue weighted by Crippen LogP contribution is -2.43. The Kier molecular flexibility index (Phi) is 6.75. The molecule has 36 heavy (non-hydrogen) atoms. The standard InChI is InChI=1S/C26H27Cl2N7O/c1-14-15(2)21(35-10-8-30-9-11-35)7-6-19(14)33-26-22(25(29)36)24-23(31-13-32-24)20(34-26)12-16-17(27)4-3-5-18(16)28/h3-7,13,30H,8-12H2,1-2H3,(H2,29,36)(H,31,32)(H,33,34). The maximum absolute atomic E-state index is 12.5. The monoisotopic (exact) mass is 523 g/mol. The third-order valence-electron chi connectivity index (χ3n) is 6.77. The van der Waals surface area contributed by atoms with Crippen LogP contribution in [-0.4, -0.2) is 47.0 Å². The fourth-order valence-electron chi connectivity index (χ4n) is 4.70. The Morgan fingerprint density at radius 3 is 2.53 bits per heavy atom. The maximum atomic E-state index is 12.5. The summed E-state index contributed by atoms with van der Waals surface area (Å²) >= 11 is 12.9. The summed E-state index contributed by atoms with van der Waals surface area (Å²) in [5, 5.41) is 7.84. The van der Waals surface area contributed by atoms with Gasteiger partial charge in [-0.25, -0.2) is 9.97 Å². The summed E-state index contributed by atoms with van der Waals surface area (Å²) in [6.07, 6.45) is 1.88. The molecule has 186 valence electrons. The van der Waals surface area contributed by atoms with Crippen LogP contribution >= 0.6 is 23.2 Å². The number of benzene rings is 2. The Morgan fingerprint density at radius 2 is 1.83 bits per heavy atom. The van der Waals surface area contributed by atoms with Crippen molar-refractivity contribution in [1.29, 1.82) is 0 Å². The minimum atomic E-state index is -0.615. The lowest BCUT2D eigenvalue weighted by molar-refractivity contribution is 0.100. The topological polar surface area (TPSA) is 112 Å². The Morgan fingerprint density at radius 1 is 1.11 bits per heavy atom. The van der Waals surface area contributed by atoms with E-state index < -0.39 is 5.91 Å². The van der Waals surface area contributed by atoms with E-state index in [1.165, 1.54) is 17.6 Å². The number of carbonyl (C=O) groups is 1. The molecular weight excluding hydrogens is 497 g/mol. The Hall–Kier alpha value is -3.33. The second kappa shape index (κ2) is 9.97. The van der Waals surface area contributed by atoms with Gasteiger partial charge in [0, 0.05) is 54.0 Å². The van der Waals surface area contributed by atoms with Gasteiger partial charge in [-0.3, -0.25) is 4.79 Å². The summed E-state index contributed by atoms with van der Waals surface area (Å²) < 4.78 is 0. The molecule has 0 aliphatic carbocycles. The van der Waals surface area contributed by atoms with Crippen LogP contribution < -0.4 is 21.3 Å². The van der Waals surface area contributed by atoms with Crippen molar-refractivity contribution in [3.05, 3.63) is 74.7 Å². The van der Waals surface area contributed by atoms with Gasteiger partial charge in [0.15, 0.2) is 0 Å². The zero-order valence-corrected chi connectivity index (χ0v) is 21.6. The highest BCUT2D eigenvalue weighted by atomic mass is 35.5. The number of nitrogens with two attached hydrogens (primary N) is 1. The molecule has 0 radical (unpaired) electrons. The molecule has 5 N–H and O–H groups in total. The van der Waals surface area contributed by atoms with Crippen LogP contribution in [0.2, 0.25) is 10.0 Å². The van der Waals surface area contributed by atoms with Crippen LogP contribution in [0.4, 0.5) is 17.2 Å². The Bertz CT molecular complexity index is 1440. The second-order valence-corrected chi connectivity index (χ2v) is 9.71. The summed E-state index contributed by atoms with van der Waals surface area (Å²) in [5.74, 6) is -0.270. The van der Waals surface area contributed by atoms with Crippen LogP contribution in [0.15, 0.2) is 36.7 Å². The molecule has 1 saturated heterocycles. The van der Waals surface area contributed by atoms with Crippen LogP contribution in [0.5, 0.6) is 0 Å². The Labute approximate surface area is 219 Å². The summed E-state index contributed by atoms with van der Waals surface area (Å²) in [6.45, 7) is 8.03.